The molecule has 1 aromatic heterocycles. The lowest BCUT2D eigenvalue weighted by Gasteiger charge is -2.04. The maximum atomic E-state index is 10.9. The van der Waals surface area contributed by atoms with Crippen molar-refractivity contribution in [1.29, 1.82) is 10.5 Å². The predicted molar refractivity (Wildman–Crippen MR) is 69.5 cm³/mol. The van der Waals surface area contributed by atoms with Crippen LogP contribution in [0.1, 0.15) is 21.7 Å². The second kappa shape index (κ2) is 5.95. The summed E-state index contributed by atoms with van der Waals surface area (Å²) >= 11 is 0. The number of nitrogens with one attached hydrogen (secondary N) is 2. The lowest BCUT2D eigenvalue weighted by molar-refractivity contribution is 0.0696. The molecule has 102 valence electrons. The number of aromatic nitrogens is 4. The number of aromatic carboxylic acids is 1. The van der Waals surface area contributed by atoms with Crippen LogP contribution in [0.3, 0.4) is 0 Å². The number of hydrogen-bond donors (Lipinski definition) is 3. The normalized spacial score (nSPS) is 10.5. The summed E-state index contributed by atoms with van der Waals surface area (Å²) in [6, 6.07) is 7.84. The summed E-state index contributed by atoms with van der Waals surface area (Å²) in [5, 5.41) is 42.5. The van der Waals surface area contributed by atoms with Crippen molar-refractivity contribution in [2.24, 2.45) is 0 Å². The van der Waals surface area contributed by atoms with Gasteiger partial charge in [-0.05, 0) is 23.4 Å². The number of carboxylic acid groups (broad SMARTS) is 1. The van der Waals surface area contributed by atoms with E-state index in [9.17, 15) is 4.79 Å². The van der Waals surface area contributed by atoms with Crippen LogP contribution in [0.25, 0.3) is 5.57 Å². The van der Waals surface area contributed by atoms with Gasteiger partial charge in [-0.3, -0.25) is 0 Å². The minimum absolute atomic E-state index is 0.0129. The van der Waals surface area contributed by atoms with E-state index in [2.05, 4.69) is 25.9 Å². The summed E-state index contributed by atoms with van der Waals surface area (Å²) in [6.45, 7) is 0. The van der Waals surface area contributed by atoms with Crippen molar-refractivity contribution in [3.63, 3.8) is 0 Å². The molecule has 0 unspecified atom stereocenters. The van der Waals surface area contributed by atoms with Gasteiger partial charge in [0.2, 0.25) is 5.82 Å². The molecular formula is C12H7N7O2. The van der Waals surface area contributed by atoms with Crippen LogP contribution >= 0.6 is 0 Å². The number of nitriles is 2. The third-order valence-electron chi connectivity index (χ3n) is 2.46. The number of nitrogens with zero attached hydrogens (tertiary/aromatic N) is 5. The van der Waals surface area contributed by atoms with Gasteiger partial charge in [0.05, 0.1) is 11.1 Å². The molecular weight excluding hydrogens is 274 g/mol. The third kappa shape index (κ3) is 3.00. The van der Waals surface area contributed by atoms with Crippen molar-refractivity contribution in [3.05, 3.63) is 41.4 Å². The molecule has 0 saturated carbocycles. The van der Waals surface area contributed by atoms with Crippen LogP contribution in [0.4, 0.5) is 5.69 Å². The van der Waals surface area contributed by atoms with Crippen molar-refractivity contribution in [1.82, 2.24) is 20.6 Å². The zero-order valence-electron chi connectivity index (χ0n) is 10.4. The summed E-state index contributed by atoms with van der Waals surface area (Å²) in [4.78, 5) is 10.9. The number of anilines is 1. The Hall–Kier alpha value is -3.72. The molecule has 0 aliphatic heterocycles. The van der Waals surface area contributed by atoms with Gasteiger partial charge in [-0.25, -0.2) is 4.79 Å². The number of hydrogen-bond acceptors (Lipinski definition) is 7. The Labute approximate surface area is 118 Å². The average Bonchev–Trinajstić information content (AvgIpc) is 3.01. The monoisotopic (exact) mass is 281 g/mol. The first-order valence-electron chi connectivity index (χ1n) is 5.53. The zero-order valence-corrected chi connectivity index (χ0v) is 10.4. The van der Waals surface area contributed by atoms with Crippen molar-refractivity contribution >= 4 is 17.2 Å². The number of carboxylic acids is 1. The van der Waals surface area contributed by atoms with E-state index in [1.807, 2.05) is 6.07 Å². The molecule has 0 amide bonds. The molecule has 2 aromatic rings. The summed E-state index contributed by atoms with van der Waals surface area (Å²) in [5.74, 6) is -1.06. The van der Waals surface area contributed by atoms with Gasteiger partial charge >= 0.3 is 5.97 Å². The van der Waals surface area contributed by atoms with Crippen LogP contribution < -0.4 is 5.32 Å². The van der Waals surface area contributed by atoms with E-state index in [1.54, 1.807) is 6.07 Å². The van der Waals surface area contributed by atoms with Gasteiger partial charge in [0.25, 0.3) is 0 Å². The van der Waals surface area contributed by atoms with E-state index in [4.69, 9.17) is 15.6 Å². The molecule has 3 N–H and O–H groups in total. The smallest absolute Gasteiger partial charge is 0.337 e. The highest BCUT2D eigenvalue weighted by atomic mass is 16.4. The van der Waals surface area contributed by atoms with Crippen LogP contribution in [-0.2, 0) is 0 Å². The quantitative estimate of drug-likeness (QED) is 0.694. The summed E-state index contributed by atoms with van der Waals surface area (Å²) in [7, 11) is 0. The molecule has 0 atom stereocenters. The number of H-pyrrole nitrogens is 1. The minimum Gasteiger partial charge on any atom is -0.478 e. The van der Waals surface area contributed by atoms with Gasteiger partial charge in [0.1, 0.15) is 17.7 Å². The molecule has 0 radical (unpaired) electrons. The highest BCUT2D eigenvalue weighted by molar-refractivity contribution is 5.91. The lowest BCUT2D eigenvalue weighted by atomic mass is 10.1. The van der Waals surface area contributed by atoms with E-state index in [0.717, 1.165) is 0 Å². The average molecular weight is 281 g/mol. The van der Waals surface area contributed by atoms with E-state index in [1.165, 1.54) is 24.4 Å². The summed E-state index contributed by atoms with van der Waals surface area (Å²) in [5.41, 5.74) is 0.502. The van der Waals surface area contributed by atoms with Crippen LogP contribution in [0.15, 0.2) is 24.4 Å². The fraction of sp³-hybridized carbons (Fsp3) is 0. The standard InChI is InChI=1S/C12H7N7O2/c13-4-7-3-9(1-2-10(7)12(20)21)15-6-8(5-14)11-16-18-19-17-11/h1-3,6,15H,(H,20,21)(H,16,17,18,19). The summed E-state index contributed by atoms with van der Waals surface area (Å²) in [6.07, 6.45) is 1.34. The lowest BCUT2D eigenvalue weighted by Crippen LogP contribution is -2.01. The van der Waals surface area contributed by atoms with Crippen molar-refractivity contribution < 1.29 is 9.90 Å². The van der Waals surface area contributed by atoms with Gasteiger partial charge in [-0.2, -0.15) is 15.7 Å². The van der Waals surface area contributed by atoms with Gasteiger partial charge in [-0.15, -0.1) is 10.2 Å². The number of tetrazole rings is 1. The molecule has 21 heavy (non-hydrogen) atoms. The van der Waals surface area contributed by atoms with Gasteiger partial charge in [0, 0.05) is 11.9 Å². The summed E-state index contributed by atoms with van der Waals surface area (Å²) < 4.78 is 0. The molecule has 9 heteroatoms. The SMILES string of the molecule is N#CC(=CNc1ccc(C(=O)O)c(C#N)c1)c1nn[nH]n1. The number of aromatic amines is 1. The Morgan fingerprint density at radius 2 is 2.24 bits per heavy atom. The topological polar surface area (TPSA) is 151 Å². The van der Waals surface area contributed by atoms with Crippen LogP contribution in [0.2, 0.25) is 0 Å². The Morgan fingerprint density at radius 3 is 2.81 bits per heavy atom. The molecule has 0 saturated heterocycles. The largest absolute Gasteiger partial charge is 0.478 e. The first-order chi connectivity index (χ1) is 10.2. The van der Waals surface area contributed by atoms with E-state index >= 15 is 0 Å². The molecule has 1 aromatic carbocycles. The zero-order chi connectivity index (χ0) is 15.2. The van der Waals surface area contributed by atoms with Crippen LogP contribution in [-0.4, -0.2) is 31.7 Å². The Morgan fingerprint density at radius 1 is 1.43 bits per heavy atom. The molecule has 2 rings (SSSR count). The second-order valence-corrected chi connectivity index (χ2v) is 3.73. The second-order valence-electron chi connectivity index (χ2n) is 3.73. The minimum atomic E-state index is -1.18. The fourth-order valence-electron chi connectivity index (χ4n) is 1.49. The molecule has 0 fully saturated rings. The third-order valence-corrected chi connectivity index (χ3v) is 2.46. The maximum absolute atomic E-state index is 10.9. The Bertz CT molecular complexity index is 781. The number of allylic oxidation sites excluding steroid dienone is 1. The molecule has 0 spiro atoms. The van der Waals surface area contributed by atoms with Crippen molar-refractivity contribution in [3.8, 4) is 12.1 Å². The molecule has 9 nitrogen and oxygen atoms in total. The van der Waals surface area contributed by atoms with Gasteiger partial charge in [-0.1, -0.05) is 0 Å². The van der Waals surface area contributed by atoms with E-state index in [0.29, 0.717) is 5.69 Å². The van der Waals surface area contributed by atoms with Gasteiger partial charge < -0.3 is 10.4 Å². The molecule has 0 aliphatic carbocycles. The number of carbonyl (C=O) groups is 1. The number of rotatable bonds is 4. The van der Waals surface area contributed by atoms with Crippen LogP contribution in [0, 0.1) is 22.7 Å². The van der Waals surface area contributed by atoms with Crippen molar-refractivity contribution in [2.75, 3.05) is 5.32 Å². The molecule has 0 aliphatic rings. The van der Waals surface area contributed by atoms with E-state index < -0.39 is 5.97 Å². The van der Waals surface area contributed by atoms with Crippen molar-refractivity contribution in [2.45, 2.75) is 0 Å². The van der Waals surface area contributed by atoms with Gasteiger partial charge in [0.15, 0.2) is 0 Å². The highest BCUT2D eigenvalue weighted by Gasteiger charge is 2.10. The first-order valence-corrected chi connectivity index (χ1v) is 5.53. The first kappa shape index (κ1) is 13.7. The highest BCUT2D eigenvalue weighted by Crippen LogP contribution is 2.16. The Kier molecular flexibility index (Phi) is 3.88. The Balaban J connectivity index is 2.27. The maximum Gasteiger partial charge on any atom is 0.337 e. The number of benzene rings is 1. The van der Waals surface area contributed by atoms with E-state index in [-0.39, 0.29) is 22.5 Å². The fourth-order valence-corrected chi connectivity index (χ4v) is 1.49. The molecule has 0 bridgehead atoms. The van der Waals surface area contributed by atoms with Crippen LogP contribution in [0.5, 0.6) is 0 Å². The predicted octanol–water partition coefficient (Wildman–Crippen LogP) is 0.746. The molecule has 1 heterocycles.